The van der Waals surface area contributed by atoms with E-state index in [1.54, 1.807) is 0 Å². The number of hydrogen-bond acceptors (Lipinski definition) is 6. The van der Waals surface area contributed by atoms with Crippen LogP contribution in [0.2, 0.25) is 0 Å². The smallest absolute Gasteiger partial charge is 0.249 e. The molecule has 0 radical (unpaired) electrons. The SMILES string of the molecule is O=C1CCC(Nc2ccc(N3CCC(CN4CC5(CNC5)C4)CC3)cc2)C(=O)N1. The summed E-state index contributed by atoms with van der Waals surface area (Å²) in [7, 11) is 0. The molecule has 3 N–H and O–H groups in total. The number of carbonyl (C=O) groups is 2. The molecule has 4 aliphatic heterocycles. The van der Waals surface area contributed by atoms with Crippen LogP contribution in [0.4, 0.5) is 11.4 Å². The molecular formula is C22H31N5O2. The van der Waals surface area contributed by atoms with Crippen molar-refractivity contribution in [2.75, 3.05) is 56.0 Å². The van der Waals surface area contributed by atoms with E-state index < -0.39 is 0 Å². The molecule has 7 heteroatoms. The standard InChI is InChI=1S/C22H31N5O2/c28-20-6-5-19(21(29)25-20)24-17-1-3-18(4-2-17)27-9-7-16(8-10-27)11-26-14-22(15-26)12-23-13-22/h1-4,16,19,23-24H,5-15H2,(H,25,28,29). The minimum absolute atomic E-state index is 0.180. The maximum Gasteiger partial charge on any atom is 0.249 e. The summed E-state index contributed by atoms with van der Waals surface area (Å²) < 4.78 is 0. The number of nitrogens with one attached hydrogen (secondary N) is 3. The molecule has 1 aromatic carbocycles. The molecule has 1 atom stereocenters. The van der Waals surface area contributed by atoms with E-state index >= 15 is 0 Å². The maximum atomic E-state index is 11.9. The van der Waals surface area contributed by atoms with Crippen LogP contribution >= 0.6 is 0 Å². The fourth-order valence-electron chi connectivity index (χ4n) is 5.27. The Morgan fingerprint density at radius 2 is 1.76 bits per heavy atom. The summed E-state index contributed by atoms with van der Waals surface area (Å²) in [5.41, 5.74) is 2.81. The summed E-state index contributed by atoms with van der Waals surface area (Å²) in [5.74, 6) is 0.416. The Hall–Kier alpha value is -2.12. The number of carbonyl (C=O) groups excluding carboxylic acids is 2. The van der Waals surface area contributed by atoms with Gasteiger partial charge in [-0.15, -0.1) is 0 Å². The Morgan fingerprint density at radius 3 is 2.38 bits per heavy atom. The van der Waals surface area contributed by atoms with Crippen molar-refractivity contribution in [2.45, 2.75) is 31.7 Å². The highest BCUT2D eigenvalue weighted by Crippen LogP contribution is 2.35. The molecule has 0 saturated carbocycles. The highest BCUT2D eigenvalue weighted by molar-refractivity contribution is 6.01. The molecule has 5 rings (SSSR count). The lowest BCUT2D eigenvalue weighted by molar-refractivity contribution is -0.133. The number of imide groups is 1. The number of piperidine rings is 2. The predicted molar refractivity (Wildman–Crippen MR) is 113 cm³/mol. The summed E-state index contributed by atoms with van der Waals surface area (Å²) in [6.07, 6.45) is 3.47. The first-order chi connectivity index (χ1) is 14.1. The second kappa shape index (κ2) is 7.61. The van der Waals surface area contributed by atoms with Crippen molar-refractivity contribution >= 4 is 23.2 Å². The van der Waals surface area contributed by atoms with Crippen LogP contribution in [0.5, 0.6) is 0 Å². The van der Waals surface area contributed by atoms with E-state index in [4.69, 9.17) is 0 Å². The van der Waals surface area contributed by atoms with Gasteiger partial charge >= 0.3 is 0 Å². The highest BCUT2D eigenvalue weighted by Gasteiger charge is 2.47. The second-order valence-electron chi connectivity index (χ2n) is 9.40. The van der Waals surface area contributed by atoms with Gasteiger partial charge in [-0.3, -0.25) is 14.9 Å². The van der Waals surface area contributed by atoms with Crippen LogP contribution in [0.15, 0.2) is 24.3 Å². The zero-order chi connectivity index (χ0) is 19.8. The van der Waals surface area contributed by atoms with Crippen LogP contribution in [0.25, 0.3) is 0 Å². The van der Waals surface area contributed by atoms with E-state index in [-0.39, 0.29) is 17.9 Å². The molecule has 2 amide bonds. The third kappa shape index (κ3) is 3.98. The van der Waals surface area contributed by atoms with Gasteiger partial charge in [0.05, 0.1) is 0 Å². The molecule has 4 fully saturated rings. The van der Waals surface area contributed by atoms with Crippen LogP contribution in [0.1, 0.15) is 25.7 Å². The average Bonchev–Trinajstić information content (AvgIpc) is 2.66. The van der Waals surface area contributed by atoms with Crippen LogP contribution < -0.4 is 20.9 Å². The van der Waals surface area contributed by atoms with Crippen molar-refractivity contribution in [3.05, 3.63) is 24.3 Å². The third-order valence-electron chi connectivity index (χ3n) is 7.06. The monoisotopic (exact) mass is 397 g/mol. The summed E-state index contributed by atoms with van der Waals surface area (Å²) in [6.45, 7) is 8.52. The van der Waals surface area contributed by atoms with Crippen molar-refractivity contribution < 1.29 is 9.59 Å². The van der Waals surface area contributed by atoms with Gasteiger partial charge < -0.3 is 20.4 Å². The first-order valence-corrected chi connectivity index (χ1v) is 11.0. The van der Waals surface area contributed by atoms with Crippen LogP contribution in [-0.2, 0) is 9.59 Å². The fraction of sp³-hybridized carbons (Fsp3) is 0.636. The van der Waals surface area contributed by atoms with Crippen molar-refractivity contribution in [1.29, 1.82) is 0 Å². The molecular weight excluding hydrogens is 366 g/mol. The molecule has 1 unspecified atom stereocenters. The lowest BCUT2D eigenvalue weighted by Crippen LogP contribution is -2.71. The van der Waals surface area contributed by atoms with Crippen molar-refractivity contribution in [2.24, 2.45) is 11.3 Å². The Bertz CT molecular complexity index is 760. The molecule has 0 bridgehead atoms. The minimum atomic E-state index is -0.328. The lowest BCUT2D eigenvalue weighted by atomic mass is 9.74. The van der Waals surface area contributed by atoms with Crippen LogP contribution in [-0.4, -0.2) is 68.6 Å². The molecule has 156 valence electrons. The number of hydrogen-bond donors (Lipinski definition) is 3. The zero-order valence-electron chi connectivity index (χ0n) is 17.0. The van der Waals surface area contributed by atoms with E-state index in [1.807, 2.05) is 12.1 Å². The van der Waals surface area contributed by atoms with Gasteiger partial charge in [0.2, 0.25) is 11.8 Å². The largest absolute Gasteiger partial charge is 0.374 e. The van der Waals surface area contributed by atoms with Crippen molar-refractivity contribution in [1.82, 2.24) is 15.5 Å². The van der Waals surface area contributed by atoms with E-state index in [9.17, 15) is 9.59 Å². The molecule has 0 aliphatic carbocycles. The number of likely N-dealkylation sites (tertiary alicyclic amines) is 1. The first-order valence-electron chi connectivity index (χ1n) is 11.0. The van der Waals surface area contributed by atoms with Gasteiger partial charge in [0.15, 0.2) is 0 Å². The molecule has 4 heterocycles. The van der Waals surface area contributed by atoms with Gasteiger partial charge in [-0.25, -0.2) is 0 Å². The van der Waals surface area contributed by atoms with Crippen molar-refractivity contribution in [3.8, 4) is 0 Å². The Morgan fingerprint density at radius 1 is 1.03 bits per heavy atom. The topological polar surface area (TPSA) is 76.7 Å². The summed E-state index contributed by atoms with van der Waals surface area (Å²) in [5, 5.41) is 9.05. The molecule has 1 spiro atoms. The second-order valence-corrected chi connectivity index (χ2v) is 9.40. The minimum Gasteiger partial charge on any atom is -0.374 e. The number of nitrogens with zero attached hydrogens (tertiary/aromatic N) is 2. The van der Waals surface area contributed by atoms with Gasteiger partial charge in [0.1, 0.15) is 6.04 Å². The number of rotatable bonds is 5. The number of anilines is 2. The molecule has 1 aromatic rings. The molecule has 7 nitrogen and oxygen atoms in total. The molecule has 0 aromatic heterocycles. The first kappa shape index (κ1) is 18.9. The zero-order valence-corrected chi connectivity index (χ0v) is 17.0. The normalized spacial score (nSPS) is 27.3. The maximum absolute atomic E-state index is 11.9. The predicted octanol–water partition coefficient (Wildman–Crippen LogP) is 1.03. The summed E-state index contributed by atoms with van der Waals surface area (Å²) >= 11 is 0. The lowest BCUT2D eigenvalue weighted by Gasteiger charge is -2.57. The number of benzene rings is 1. The van der Waals surface area contributed by atoms with Gasteiger partial charge in [-0.2, -0.15) is 0 Å². The van der Waals surface area contributed by atoms with E-state index in [0.717, 1.165) is 24.7 Å². The highest BCUT2D eigenvalue weighted by atomic mass is 16.2. The molecule has 4 saturated heterocycles. The Balaban J connectivity index is 1.08. The average molecular weight is 398 g/mol. The van der Waals surface area contributed by atoms with Crippen LogP contribution in [0, 0.1) is 11.3 Å². The van der Waals surface area contributed by atoms with E-state index in [1.165, 1.54) is 51.3 Å². The number of amides is 2. The van der Waals surface area contributed by atoms with E-state index in [0.29, 0.717) is 18.3 Å². The van der Waals surface area contributed by atoms with Gasteiger partial charge in [-0.05, 0) is 49.4 Å². The fourth-order valence-corrected chi connectivity index (χ4v) is 5.27. The molecule has 29 heavy (non-hydrogen) atoms. The quantitative estimate of drug-likeness (QED) is 0.645. The van der Waals surface area contributed by atoms with Crippen LogP contribution in [0.3, 0.4) is 0 Å². The summed E-state index contributed by atoms with van der Waals surface area (Å²) in [4.78, 5) is 28.3. The van der Waals surface area contributed by atoms with Crippen molar-refractivity contribution in [3.63, 3.8) is 0 Å². The third-order valence-corrected chi connectivity index (χ3v) is 7.06. The Kier molecular flexibility index (Phi) is 4.95. The van der Waals surface area contributed by atoms with Gasteiger partial charge in [0, 0.05) is 69.0 Å². The van der Waals surface area contributed by atoms with Gasteiger partial charge in [0.25, 0.3) is 0 Å². The summed E-state index contributed by atoms with van der Waals surface area (Å²) in [6, 6.07) is 8.02. The Labute approximate surface area is 172 Å². The van der Waals surface area contributed by atoms with E-state index in [2.05, 4.69) is 37.9 Å². The van der Waals surface area contributed by atoms with Gasteiger partial charge in [-0.1, -0.05) is 0 Å². The molecule has 4 aliphatic rings.